The molecule has 26 heavy (non-hydrogen) atoms. The van der Waals surface area contributed by atoms with Crippen LogP contribution in [0.25, 0.3) is 0 Å². The third-order valence-electron chi connectivity index (χ3n) is 3.86. The number of nitrogens with two attached hydrogens (primary N) is 1. The molecule has 0 aromatic heterocycles. The number of nitrogens with one attached hydrogen (secondary N) is 3. The summed E-state index contributed by atoms with van der Waals surface area (Å²) in [5.74, 6) is -0.426. The second-order valence-corrected chi connectivity index (χ2v) is 5.95. The Bertz CT molecular complexity index is 542. The van der Waals surface area contributed by atoms with Gasteiger partial charge in [-0.1, -0.05) is 13.8 Å². The van der Waals surface area contributed by atoms with Crippen molar-refractivity contribution in [3.8, 4) is 0 Å². The van der Waals surface area contributed by atoms with Crippen LogP contribution in [0.2, 0.25) is 0 Å². The fourth-order valence-corrected chi connectivity index (χ4v) is 1.78. The molecule has 2 unspecified atom stereocenters. The van der Waals surface area contributed by atoms with Crippen LogP contribution in [0.5, 0.6) is 0 Å². The minimum atomic E-state index is -0.423. The van der Waals surface area contributed by atoms with Crippen molar-refractivity contribution in [3.05, 3.63) is 29.8 Å². The summed E-state index contributed by atoms with van der Waals surface area (Å²) >= 11 is 0. The molecule has 5 N–H and O–H groups in total. The van der Waals surface area contributed by atoms with Crippen LogP contribution in [0.15, 0.2) is 24.3 Å². The van der Waals surface area contributed by atoms with Gasteiger partial charge in [0.15, 0.2) is 0 Å². The minimum Gasteiger partial charge on any atom is -0.399 e. The fraction of sp³-hybridized carbons (Fsp3) is 0.526. The average molecular weight is 364 g/mol. The third kappa shape index (κ3) is 10.5. The lowest BCUT2D eigenvalue weighted by Gasteiger charge is -2.17. The van der Waals surface area contributed by atoms with Gasteiger partial charge in [-0.05, 0) is 44.7 Å². The van der Waals surface area contributed by atoms with Crippen molar-refractivity contribution in [1.82, 2.24) is 16.0 Å². The van der Waals surface area contributed by atoms with Crippen LogP contribution in [-0.2, 0) is 9.59 Å². The number of carbonyl (C=O) groups excluding carboxylic acids is 3. The predicted molar refractivity (Wildman–Crippen MR) is 105 cm³/mol. The van der Waals surface area contributed by atoms with Gasteiger partial charge in [0.05, 0.1) is 6.04 Å². The summed E-state index contributed by atoms with van der Waals surface area (Å²) in [7, 11) is 1.98. The van der Waals surface area contributed by atoms with Crippen molar-refractivity contribution in [2.45, 2.75) is 52.1 Å². The second kappa shape index (κ2) is 13.8. The summed E-state index contributed by atoms with van der Waals surface area (Å²) in [4.78, 5) is 33.8. The van der Waals surface area contributed by atoms with Crippen molar-refractivity contribution in [2.75, 3.05) is 19.3 Å². The number of carbonyl (C=O) groups is 3. The molecule has 0 bridgehead atoms. The zero-order valence-electron chi connectivity index (χ0n) is 16.2. The van der Waals surface area contributed by atoms with Crippen molar-refractivity contribution in [3.63, 3.8) is 0 Å². The van der Waals surface area contributed by atoms with Gasteiger partial charge in [0.25, 0.3) is 5.91 Å². The molecule has 7 heteroatoms. The molecule has 2 amide bonds. The first-order valence-electron chi connectivity index (χ1n) is 8.91. The molecule has 0 saturated carbocycles. The lowest BCUT2D eigenvalue weighted by atomic mass is 10.1. The second-order valence-electron chi connectivity index (χ2n) is 5.95. The van der Waals surface area contributed by atoms with Crippen LogP contribution in [0.1, 0.15) is 50.4 Å². The van der Waals surface area contributed by atoms with E-state index in [1.807, 2.05) is 7.05 Å². The number of hydrogen-bond acceptors (Lipinski definition) is 5. The molecule has 146 valence electrons. The Morgan fingerprint density at radius 3 is 2.23 bits per heavy atom. The lowest BCUT2D eigenvalue weighted by Crippen LogP contribution is -2.43. The summed E-state index contributed by atoms with van der Waals surface area (Å²) in [5, 5.41) is 8.47. The van der Waals surface area contributed by atoms with Crippen LogP contribution < -0.4 is 21.7 Å². The molecule has 0 aliphatic heterocycles. The molecule has 0 fully saturated rings. The van der Waals surface area contributed by atoms with E-state index in [2.05, 4.69) is 29.8 Å². The van der Waals surface area contributed by atoms with E-state index in [0.29, 0.717) is 30.0 Å². The number of amides is 2. The van der Waals surface area contributed by atoms with Crippen molar-refractivity contribution in [2.24, 2.45) is 0 Å². The van der Waals surface area contributed by atoms with Gasteiger partial charge in [-0.2, -0.15) is 0 Å². The number of rotatable bonds is 9. The standard InChI is InChI=1S/C14H19N3O3.C5H13N/c1-2-13(19)16-9-12(7-8-18)17-14(20)10-3-5-11(15)6-4-10;1-4-5(2)6-3/h3-6,8,12H,2,7,9,15H2,1H3,(H,16,19)(H,17,20);5-6H,4H2,1-3H3. The zero-order valence-corrected chi connectivity index (χ0v) is 16.2. The van der Waals surface area contributed by atoms with E-state index in [1.165, 1.54) is 6.42 Å². The first-order valence-corrected chi connectivity index (χ1v) is 8.91. The summed E-state index contributed by atoms with van der Waals surface area (Å²) in [6.07, 6.45) is 2.44. The number of hydrogen-bond donors (Lipinski definition) is 4. The van der Waals surface area contributed by atoms with Crippen LogP contribution in [0, 0.1) is 0 Å². The summed E-state index contributed by atoms with van der Waals surface area (Å²) < 4.78 is 0. The number of nitrogen functional groups attached to an aromatic ring is 1. The summed E-state index contributed by atoms with van der Waals surface area (Å²) in [5.41, 5.74) is 6.57. The van der Waals surface area contributed by atoms with Gasteiger partial charge in [-0.25, -0.2) is 0 Å². The molecule has 0 spiro atoms. The van der Waals surface area contributed by atoms with Gasteiger partial charge in [0.1, 0.15) is 6.29 Å². The molecular formula is C19H32N4O3. The molecule has 0 aliphatic carbocycles. The largest absolute Gasteiger partial charge is 0.399 e. The molecule has 0 aliphatic rings. The Labute approximate surface area is 156 Å². The highest BCUT2D eigenvalue weighted by atomic mass is 16.2. The molecule has 1 rings (SSSR count). The maximum atomic E-state index is 12.0. The molecule has 0 radical (unpaired) electrons. The Morgan fingerprint density at radius 2 is 1.81 bits per heavy atom. The molecule has 7 nitrogen and oxygen atoms in total. The van der Waals surface area contributed by atoms with Gasteiger partial charge in [0.2, 0.25) is 5.91 Å². The molecular weight excluding hydrogens is 332 g/mol. The van der Waals surface area contributed by atoms with E-state index in [9.17, 15) is 14.4 Å². The van der Waals surface area contributed by atoms with Gasteiger partial charge in [0, 0.05) is 36.7 Å². The zero-order chi connectivity index (χ0) is 19.9. The van der Waals surface area contributed by atoms with Crippen molar-refractivity contribution in [1.29, 1.82) is 0 Å². The molecule has 1 aromatic carbocycles. The van der Waals surface area contributed by atoms with Crippen molar-refractivity contribution >= 4 is 23.8 Å². The van der Waals surface area contributed by atoms with Crippen LogP contribution in [0.4, 0.5) is 5.69 Å². The van der Waals surface area contributed by atoms with Gasteiger partial charge < -0.3 is 26.5 Å². The Kier molecular flexibility index (Phi) is 12.6. The average Bonchev–Trinajstić information content (AvgIpc) is 2.66. The first-order chi connectivity index (χ1) is 12.4. The highest BCUT2D eigenvalue weighted by Gasteiger charge is 2.14. The fourth-order valence-electron chi connectivity index (χ4n) is 1.78. The monoisotopic (exact) mass is 364 g/mol. The Morgan fingerprint density at radius 1 is 1.19 bits per heavy atom. The smallest absolute Gasteiger partial charge is 0.251 e. The normalized spacial score (nSPS) is 12.2. The van der Waals surface area contributed by atoms with Crippen LogP contribution in [0.3, 0.4) is 0 Å². The van der Waals surface area contributed by atoms with Crippen LogP contribution in [-0.4, -0.2) is 43.8 Å². The van der Waals surface area contributed by atoms with E-state index in [4.69, 9.17) is 5.73 Å². The number of anilines is 1. The summed E-state index contributed by atoms with van der Waals surface area (Å²) in [6, 6.07) is 6.73. The molecule has 1 aromatic rings. The topological polar surface area (TPSA) is 113 Å². The Hall–Kier alpha value is -2.41. The SMILES string of the molecule is CCC(=O)NCC(CC=O)NC(=O)c1ccc(N)cc1.CCC(C)NC. The van der Waals surface area contributed by atoms with E-state index >= 15 is 0 Å². The van der Waals surface area contributed by atoms with E-state index < -0.39 is 6.04 Å². The van der Waals surface area contributed by atoms with Gasteiger partial charge in [-0.3, -0.25) is 9.59 Å². The minimum absolute atomic E-state index is 0.123. The van der Waals surface area contributed by atoms with E-state index in [1.54, 1.807) is 31.2 Å². The molecule has 2 atom stereocenters. The maximum Gasteiger partial charge on any atom is 0.251 e. The molecule has 0 heterocycles. The highest BCUT2D eigenvalue weighted by Crippen LogP contribution is 2.05. The highest BCUT2D eigenvalue weighted by molar-refractivity contribution is 5.94. The first kappa shape index (κ1) is 23.6. The molecule has 0 saturated heterocycles. The number of aldehydes is 1. The Balaban J connectivity index is 0.000000896. The van der Waals surface area contributed by atoms with Crippen LogP contribution >= 0.6 is 0 Å². The van der Waals surface area contributed by atoms with E-state index in [-0.39, 0.29) is 24.8 Å². The van der Waals surface area contributed by atoms with Gasteiger partial charge in [-0.15, -0.1) is 0 Å². The van der Waals surface area contributed by atoms with E-state index in [0.717, 1.165) is 0 Å². The quantitative estimate of drug-likeness (QED) is 0.392. The maximum absolute atomic E-state index is 12.0. The van der Waals surface area contributed by atoms with Gasteiger partial charge >= 0.3 is 0 Å². The predicted octanol–water partition coefficient (Wildman–Crippen LogP) is 1.49. The number of benzene rings is 1. The summed E-state index contributed by atoms with van der Waals surface area (Å²) in [6.45, 7) is 6.30. The van der Waals surface area contributed by atoms with Crippen molar-refractivity contribution < 1.29 is 14.4 Å². The third-order valence-corrected chi connectivity index (χ3v) is 3.86. The lowest BCUT2D eigenvalue weighted by molar-refractivity contribution is -0.121.